The van der Waals surface area contributed by atoms with Crippen molar-refractivity contribution in [2.24, 2.45) is 0 Å². The molecule has 0 aliphatic heterocycles. The third kappa shape index (κ3) is 2.71. The zero-order valence-corrected chi connectivity index (χ0v) is 9.93. The lowest BCUT2D eigenvalue weighted by atomic mass is 10.1. The lowest BCUT2D eigenvalue weighted by Crippen LogP contribution is -2.27. The lowest BCUT2D eigenvalue weighted by molar-refractivity contribution is 0.0936. The van der Waals surface area contributed by atoms with Crippen molar-refractivity contribution in [3.8, 4) is 0 Å². The summed E-state index contributed by atoms with van der Waals surface area (Å²) in [5, 5.41) is 2.75. The normalized spacial score (nSPS) is 11.9. The second-order valence-corrected chi connectivity index (χ2v) is 3.96. The van der Waals surface area contributed by atoms with E-state index >= 15 is 0 Å². The van der Waals surface area contributed by atoms with Crippen molar-refractivity contribution >= 4 is 5.91 Å². The number of halogens is 1. The highest BCUT2D eigenvalue weighted by Crippen LogP contribution is 2.13. The van der Waals surface area contributed by atoms with Crippen LogP contribution in [0.25, 0.3) is 0 Å². The van der Waals surface area contributed by atoms with Crippen LogP contribution in [0.5, 0.6) is 0 Å². The van der Waals surface area contributed by atoms with E-state index in [9.17, 15) is 9.18 Å². The number of hydrogen-bond acceptors (Lipinski definition) is 2. The molecular formula is C14H13FN2O. The van der Waals surface area contributed by atoms with Gasteiger partial charge in [0.05, 0.1) is 11.6 Å². The molecule has 1 atom stereocenters. The number of benzene rings is 1. The van der Waals surface area contributed by atoms with Gasteiger partial charge in [-0.2, -0.15) is 0 Å². The van der Waals surface area contributed by atoms with E-state index < -0.39 is 11.7 Å². The molecular weight excluding hydrogens is 231 g/mol. The highest BCUT2D eigenvalue weighted by molar-refractivity contribution is 5.94. The molecule has 2 rings (SSSR count). The summed E-state index contributed by atoms with van der Waals surface area (Å²) in [5.41, 5.74) is 0.980. The Kier molecular flexibility index (Phi) is 3.67. The first-order chi connectivity index (χ1) is 8.68. The molecule has 0 spiro atoms. The number of hydrogen-bond donors (Lipinski definition) is 1. The van der Waals surface area contributed by atoms with E-state index in [2.05, 4.69) is 10.3 Å². The molecule has 92 valence electrons. The molecule has 1 aromatic carbocycles. The quantitative estimate of drug-likeness (QED) is 0.902. The molecule has 1 amide bonds. The van der Waals surface area contributed by atoms with E-state index in [1.807, 2.05) is 19.1 Å². The van der Waals surface area contributed by atoms with Gasteiger partial charge in [-0.3, -0.25) is 9.78 Å². The van der Waals surface area contributed by atoms with Gasteiger partial charge in [0, 0.05) is 12.4 Å². The van der Waals surface area contributed by atoms with E-state index in [1.54, 1.807) is 24.5 Å². The van der Waals surface area contributed by atoms with Crippen LogP contribution in [0.2, 0.25) is 0 Å². The van der Waals surface area contributed by atoms with Gasteiger partial charge in [0.1, 0.15) is 5.82 Å². The average molecular weight is 244 g/mol. The van der Waals surface area contributed by atoms with Gasteiger partial charge in [-0.25, -0.2) is 4.39 Å². The Balaban J connectivity index is 2.11. The second-order valence-electron chi connectivity index (χ2n) is 3.96. The Morgan fingerprint density at radius 3 is 2.56 bits per heavy atom. The highest BCUT2D eigenvalue weighted by Gasteiger charge is 2.14. The minimum atomic E-state index is -0.517. The molecule has 1 N–H and O–H groups in total. The summed E-state index contributed by atoms with van der Waals surface area (Å²) in [4.78, 5) is 15.8. The van der Waals surface area contributed by atoms with Crippen molar-refractivity contribution in [2.75, 3.05) is 0 Å². The Morgan fingerprint density at radius 2 is 1.89 bits per heavy atom. The molecule has 18 heavy (non-hydrogen) atoms. The summed E-state index contributed by atoms with van der Waals surface area (Å²) >= 11 is 0. The standard InChI is InChI=1S/C14H13FN2O/c1-10(11-6-8-16-9-7-11)17-14(18)12-4-2-3-5-13(12)15/h2-10H,1H3,(H,17,18). The lowest BCUT2D eigenvalue weighted by Gasteiger charge is -2.14. The molecule has 2 aromatic rings. The Morgan fingerprint density at radius 1 is 1.22 bits per heavy atom. The van der Waals surface area contributed by atoms with E-state index in [-0.39, 0.29) is 11.6 Å². The van der Waals surface area contributed by atoms with Crippen LogP contribution in [-0.2, 0) is 0 Å². The molecule has 3 nitrogen and oxygen atoms in total. The maximum Gasteiger partial charge on any atom is 0.254 e. The number of amides is 1. The Bertz CT molecular complexity index is 543. The molecule has 0 aliphatic rings. The number of carbonyl (C=O) groups is 1. The fraction of sp³-hybridized carbons (Fsp3) is 0.143. The van der Waals surface area contributed by atoms with Crippen LogP contribution in [0.15, 0.2) is 48.8 Å². The number of nitrogens with one attached hydrogen (secondary N) is 1. The van der Waals surface area contributed by atoms with Gasteiger partial charge in [-0.05, 0) is 36.8 Å². The van der Waals surface area contributed by atoms with Crippen molar-refractivity contribution in [2.45, 2.75) is 13.0 Å². The average Bonchev–Trinajstić information content (AvgIpc) is 2.40. The number of aromatic nitrogens is 1. The van der Waals surface area contributed by atoms with Crippen molar-refractivity contribution in [3.05, 3.63) is 65.7 Å². The van der Waals surface area contributed by atoms with Crippen LogP contribution >= 0.6 is 0 Å². The van der Waals surface area contributed by atoms with Crippen molar-refractivity contribution in [3.63, 3.8) is 0 Å². The van der Waals surface area contributed by atoms with Crippen LogP contribution < -0.4 is 5.32 Å². The largest absolute Gasteiger partial charge is 0.345 e. The highest BCUT2D eigenvalue weighted by atomic mass is 19.1. The number of rotatable bonds is 3. The van der Waals surface area contributed by atoms with Crippen LogP contribution in [0, 0.1) is 5.82 Å². The summed E-state index contributed by atoms with van der Waals surface area (Å²) in [6, 6.07) is 9.35. The van der Waals surface area contributed by atoms with Gasteiger partial charge >= 0.3 is 0 Å². The second kappa shape index (κ2) is 5.40. The van der Waals surface area contributed by atoms with Crippen LogP contribution in [0.1, 0.15) is 28.9 Å². The Labute approximate surface area is 105 Å². The fourth-order valence-electron chi connectivity index (χ4n) is 1.66. The first-order valence-corrected chi connectivity index (χ1v) is 5.64. The summed E-state index contributed by atoms with van der Waals surface area (Å²) in [6.45, 7) is 1.84. The molecule has 1 heterocycles. The number of pyridine rings is 1. The van der Waals surface area contributed by atoms with Gasteiger partial charge in [0.2, 0.25) is 0 Å². The molecule has 0 bridgehead atoms. The van der Waals surface area contributed by atoms with Crippen molar-refractivity contribution < 1.29 is 9.18 Å². The fourth-order valence-corrected chi connectivity index (χ4v) is 1.66. The maximum absolute atomic E-state index is 13.4. The Hall–Kier alpha value is -2.23. The predicted molar refractivity (Wildman–Crippen MR) is 66.5 cm³/mol. The summed E-state index contributed by atoms with van der Waals surface area (Å²) in [7, 11) is 0. The smallest absolute Gasteiger partial charge is 0.254 e. The molecule has 0 saturated carbocycles. The minimum absolute atomic E-state index is 0.0541. The first kappa shape index (κ1) is 12.2. The third-order valence-corrected chi connectivity index (χ3v) is 2.67. The van der Waals surface area contributed by atoms with E-state index in [4.69, 9.17) is 0 Å². The monoisotopic (exact) mass is 244 g/mol. The van der Waals surface area contributed by atoms with Crippen LogP contribution in [-0.4, -0.2) is 10.9 Å². The van der Waals surface area contributed by atoms with E-state index in [1.165, 1.54) is 12.1 Å². The van der Waals surface area contributed by atoms with Crippen molar-refractivity contribution in [1.82, 2.24) is 10.3 Å². The number of nitrogens with zero attached hydrogens (tertiary/aromatic N) is 1. The molecule has 0 saturated heterocycles. The van der Waals surface area contributed by atoms with Crippen LogP contribution in [0.3, 0.4) is 0 Å². The van der Waals surface area contributed by atoms with Gasteiger partial charge in [0.25, 0.3) is 5.91 Å². The predicted octanol–water partition coefficient (Wildman–Crippen LogP) is 2.71. The molecule has 1 unspecified atom stereocenters. The third-order valence-electron chi connectivity index (χ3n) is 2.67. The van der Waals surface area contributed by atoms with Crippen LogP contribution in [0.4, 0.5) is 4.39 Å². The zero-order valence-electron chi connectivity index (χ0n) is 9.93. The molecule has 0 radical (unpaired) electrons. The summed E-state index contributed by atoms with van der Waals surface area (Å²) in [6.07, 6.45) is 3.31. The minimum Gasteiger partial charge on any atom is -0.345 e. The first-order valence-electron chi connectivity index (χ1n) is 5.64. The molecule has 0 aliphatic carbocycles. The SMILES string of the molecule is CC(NC(=O)c1ccccc1F)c1ccncc1. The topological polar surface area (TPSA) is 42.0 Å². The summed E-state index contributed by atoms with van der Waals surface area (Å²) in [5.74, 6) is -0.936. The van der Waals surface area contributed by atoms with Gasteiger partial charge in [-0.15, -0.1) is 0 Å². The molecule has 1 aromatic heterocycles. The van der Waals surface area contributed by atoms with E-state index in [0.29, 0.717) is 0 Å². The van der Waals surface area contributed by atoms with Gasteiger partial charge in [0.15, 0.2) is 0 Å². The maximum atomic E-state index is 13.4. The molecule has 4 heteroatoms. The van der Waals surface area contributed by atoms with Gasteiger partial charge < -0.3 is 5.32 Å². The van der Waals surface area contributed by atoms with E-state index in [0.717, 1.165) is 5.56 Å². The molecule has 0 fully saturated rings. The zero-order chi connectivity index (χ0) is 13.0. The van der Waals surface area contributed by atoms with Gasteiger partial charge in [-0.1, -0.05) is 12.1 Å². The summed E-state index contributed by atoms with van der Waals surface area (Å²) < 4.78 is 13.4. The number of carbonyl (C=O) groups excluding carboxylic acids is 1. The van der Waals surface area contributed by atoms with Crippen molar-refractivity contribution in [1.29, 1.82) is 0 Å².